The van der Waals surface area contributed by atoms with Gasteiger partial charge in [-0.2, -0.15) is 0 Å². The number of thiophene rings is 1. The zero-order valence-electron chi connectivity index (χ0n) is 11.2. The molecule has 19 heavy (non-hydrogen) atoms. The average molecular weight is 295 g/mol. The molecule has 0 amide bonds. The molecule has 0 bridgehead atoms. The van der Waals surface area contributed by atoms with Crippen molar-refractivity contribution >= 4 is 22.9 Å². The van der Waals surface area contributed by atoms with Crippen LogP contribution in [0.1, 0.15) is 41.0 Å². The summed E-state index contributed by atoms with van der Waals surface area (Å²) in [6.07, 6.45) is 2.27. The summed E-state index contributed by atoms with van der Waals surface area (Å²) >= 11 is 7.97. The van der Waals surface area contributed by atoms with E-state index in [0.29, 0.717) is 0 Å². The lowest BCUT2D eigenvalue weighted by molar-refractivity contribution is 0.646. The van der Waals surface area contributed by atoms with Crippen molar-refractivity contribution in [2.75, 3.05) is 0 Å². The topological polar surface area (TPSA) is 38.0 Å². The van der Waals surface area contributed by atoms with Gasteiger partial charge in [-0.05, 0) is 35.4 Å². The second kappa shape index (κ2) is 6.53. The molecule has 2 rings (SSSR count). The van der Waals surface area contributed by atoms with Crippen LogP contribution in [0.25, 0.3) is 0 Å². The van der Waals surface area contributed by atoms with Crippen LogP contribution in [0.2, 0.25) is 5.02 Å². The van der Waals surface area contributed by atoms with Gasteiger partial charge < -0.3 is 0 Å². The molecular formula is C15H19ClN2S. The van der Waals surface area contributed by atoms with Crippen molar-refractivity contribution < 1.29 is 0 Å². The fourth-order valence-electron chi connectivity index (χ4n) is 2.13. The van der Waals surface area contributed by atoms with Crippen LogP contribution in [0.4, 0.5) is 0 Å². The largest absolute Gasteiger partial charge is 0.271 e. The Balaban J connectivity index is 2.29. The van der Waals surface area contributed by atoms with Gasteiger partial charge in [0.15, 0.2) is 0 Å². The van der Waals surface area contributed by atoms with Crippen LogP contribution in [-0.2, 0) is 6.42 Å². The zero-order chi connectivity index (χ0) is 13.8. The predicted molar refractivity (Wildman–Crippen MR) is 83.7 cm³/mol. The summed E-state index contributed by atoms with van der Waals surface area (Å²) < 4.78 is 0. The summed E-state index contributed by atoms with van der Waals surface area (Å²) in [5.74, 6) is 5.71. The highest BCUT2D eigenvalue weighted by molar-refractivity contribution is 7.10. The number of aryl methyl sites for hydroxylation is 2. The van der Waals surface area contributed by atoms with Gasteiger partial charge in [0.2, 0.25) is 0 Å². The molecule has 0 radical (unpaired) electrons. The molecule has 0 saturated heterocycles. The minimum atomic E-state index is -0.0399. The lowest BCUT2D eigenvalue weighted by Gasteiger charge is -2.16. The van der Waals surface area contributed by atoms with E-state index in [1.807, 2.05) is 6.92 Å². The normalized spacial score (nSPS) is 12.6. The number of hydrazine groups is 1. The monoisotopic (exact) mass is 294 g/mol. The fraction of sp³-hybridized carbons (Fsp3) is 0.333. The number of benzene rings is 1. The summed E-state index contributed by atoms with van der Waals surface area (Å²) in [6, 6.07) is 8.54. The van der Waals surface area contributed by atoms with Crippen molar-refractivity contribution in [3.8, 4) is 0 Å². The maximum atomic E-state index is 6.33. The highest BCUT2D eigenvalue weighted by Gasteiger charge is 2.18. The van der Waals surface area contributed by atoms with Crippen LogP contribution in [0.5, 0.6) is 0 Å². The van der Waals surface area contributed by atoms with Crippen molar-refractivity contribution in [1.82, 2.24) is 5.43 Å². The van der Waals surface area contributed by atoms with E-state index in [9.17, 15) is 0 Å². The molecule has 1 unspecified atom stereocenters. The van der Waals surface area contributed by atoms with Crippen LogP contribution < -0.4 is 11.3 Å². The Morgan fingerprint density at radius 2 is 2.00 bits per heavy atom. The SMILES string of the molecule is CCCc1ccc(C(NN)c2scc(C)c2Cl)cc1. The molecule has 1 aromatic carbocycles. The summed E-state index contributed by atoms with van der Waals surface area (Å²) in [5, 5.41) is 2.87. The maximum absolute atomic E-state index is 6.33. The molecule has 0 aliphatic carbocycles. The number of nitrogens with one attached hydrogen (secondary N) is 1. The molecule has 2 aromatic rings. The highest BCUT2D eigenvalue weighted by Crippen LogP contribution is 2.35. The van der Waals surface area contributed by atoms with Gasteiger partial charge in [-0.3, -0.25) is 5.84 Å². The quantitative estimate of drug-likeness (QED) is 0.640. The Morgan fingerprint density at radius 3 is 2.47 bits per heavy atom. The van der Waals surface area contributed by atoms with Crippen LogP contribution in [-0.4, -0.2) is 0 Å². The van der Waals surface area contributed by atoms with E-state index in [2.05, 4.69) is 42.0 Å². The molecule has 0 aliphatic rings. The standard InChI is InChI=1S/C15H19ClN2S/c1-3-4-11-5-7-12(8-6-11)14(18-17)15-13(16)10(2)9-19-15/h5-9,14,18H,3-4,17H2,1-2H3. The van der Waals surface area contributed by atoms with Crippen LogP contribution in [0.3, 0.4) is 0 Å². The molecule has 4 heteroatoms. The van der Waals surface area contributed by atoms with E-state index in [1.165, 1.54) is 5.56 Å². The third-order valence-electron chi connectivity index (χ3n) is 3.21. The Hall–Kier alpha value is -0.870. The number of hydrogen-bond donors (Lipinski definition) is 2. The first-order valence-corrected chi connectivity index (χ1v) is 7.71. The summed E-state index contributed by atoms with van der Waals surface area (Å²) in [6.45, 7) is 4.20. The number of nitrogens with two attached hydrogens (primary N) is 1. The van der Waals surface area contributed by atoms with E-state index >= 15 is 0 Å². The summed E-state index contributed by atoms with van der Waals surface area (Å²) in [4.78, 5) is 1.07. The van der Waals surface area contributed by atoms with Gasteiger partial charge in [-0.25, -0.2) is 5.43 Å². The zero-order valence-corrected chi connectivity index (χ0v) is 12.8. The summed E-state index contributed by atoms with van der Waals surface area (Å²) in [7, 11) is 0. The van der Waals surface area contributed by atoms with Gasteiger partial charge in [-0.15, -0.1) is 11.3 Å². The van der Waals surface area contributed by atoms with Crippen molar-refractivity contribution in [3.63, 3.8) is 0 Å². The smallest absolute Gasteiger partial charge is 0.0817 e. The molecule has 1 atom stereocenters. The molecule has 1 aromatic heterocycles. The van der Waals surface area contributed by atoms with E-state index in [4.69, 9.17) is 17.4 Å². The first-order chi connectivity index (χ1) is 9.17. The maximum Gasteiger partial charge on any atom is 0.0817 e. The van der Waals surface area contributed by atoms with E-state index in [-0.39, 0.29) is 6.04 Å². The molecule has 0 saturated carbocycles. The van der Waals surface area contributed by atoms with Crippen molar-refractivity contribution in [2.45, 2.75) is 32.7 Å². The number of halogens is 1. The average Bonchev–Trinajstić information content (AvgIpc) is 2.74. The minimum absolute atomic E-state index is 0.0399. The van der Waals surface area contributed by atoms with Crippen molar-refractivity contribution in [1.29, 1.82) is 0 Å². The molecule has 0 fully saturated rings. The third-order valence-corrected chi connectivity index (χ3v) is 4.98. The van der Waals surface area contributed by atoms with E-state index in [1.54, 1.807) is 11.3 Å². The van der Waals surface area contributed by atoms with Crippen molar-refractivity contribution in [3.05, 3.63) is 56.2 Å². The highest BCUT2D eigenvalue weighted by atomic mass is 35.5. The van der Waals surface area contributed by atoms with Crippen LogP contribution >= 0.6 is 22.9 Å². The molecule has 2 nitrogen and oxygen atoms in total. The first-order valence-electron chi connectivity index (χ1n) is 6.45. The Morgan fingerprint density at radius 1 is 1.32 bits per heavy atom. The fourth-order valence-corrected chi connectivity index (χ4v) is 3.52. The van der Waals surface area contributed by atoms with Crippen LogP contribution in [0, 0.1) is 6.92 Å². The van der Waals surface area contributed by atoms with Gasteiger partial charge in [0.05, 0.1) is 11.1 Å². The van der Waals surface area contributed by atoms with Crippen molar-refractivity contribution in [2.24, 2.45) is 5.84 Å². The Labute approximate surface area is 123 Å². The lowest BCUT2D eigenvalue weighted by atomic mass is 10.0. The second-order valence-corrected chi connectivity index (χ2v) is 5.98. The van der Waals surface area contributed by atoms with Gasteiger partial charge in [0, 0.05) is 4.88 Å². The van der Waals surface area contributed by atoms with Gasteiger partial charge in [0.1, 0.15) is 0 Å². The molecule has 0 spiro atoms. The molecule has 102 valence electrons. The third kappa shape index (κ3) is 3.18. The second-order valence-electron chi connectivity index (χ2n) is 4.69. The number of hydrogen-bond acceptors (Lipinski definition) is 3. The van der Waals surface area contributed by atoms with E-state index in [0.717, 1.165) is 33.9 Å². The minimum Gasteiger partial charge on any atom is -0.271 e. The first kappa shape index (κ1) is 14.5. The Kier molecular flexibility index (Phi) is 4.99. The predicted octanol–water partition coefficient (Wildman–Crippen LogP) is 4.22. The van der Waals surface area contributed by atoms with E-state index < -0.39 is 0 Å². The number of rotatable bonds is 5. The van der Waals surface area contributed by atoms with Gasteiger partial charge in [0.25, 0.3) is 0 Å². The van der Waals surface area contributed by atoms with Gasteiger partial charge >= 0.3 is 0 Å². The Bertz CT molecular complexity index is 534. The van der Waals surface area contributed by atoms with Crippen LogP contribution in [0.15, 0.2) is 29.6 Å². The lowest BCUT2D eigenvalue weighted by Crippen LogP contribution is -2.28. The molecule has 0 aliphatic heterocycles. The van der Waals surface area contributed by atoms with Gasteiger partial charge in [-0.1, -0.05) is 49.2 Å². The molecule has 3 N–H and O–H groups in total. The molecular weight excluding hydrogens is 276 g/mol. The summed E-state index contributed by atoms with van der Waals surface area (Å²) in [5.41, 5.74) is 6.47. The molecule has 1 heterocycles.